The minimum atomic E-state index is 0.858. The highest BCUT2D eigenvalue weighted by Crippen LogP contribution is 2.47. The molecule has 230 valence electrons. The van der Waals surface area contributed by atoms with Crippen LogP contribution in [-0.2, 0) is 0 Å². The third kappa shape index (κ3) is 4.44. The van der Waals surface area contributed by atoms with E-state index in [4.69, 9.17) is 8.83 Å². The number of para-hydroxylation sites is 2. The van der Waals surface area contributed by atoms with Crippen LogP contribution in [0.5, 0.6) is 0 Å². The minimum Gasteiger partial charge on any atom is -0.456 e. The molecule has 0 spiro atoms. The average Bonchev–Trinajstić information content (AvgIpc) is 3.75. The molecule has 3 nitrogen and oxygen atoms in total. The van der Waals surface area contributed by atoms with Gasteiger partial charge in [-0.1, -0.05) is 121 Å². The molecule has 49 heavy (non-hydrogen) atoms. The van der Waals surface area contributed by atoms with E-state index in [0.717, 1.165) is 88.4 Å². The Hall–Kier alpha value is -6.58. The highest BCUT2D eigenvalue weighted by atomic mass is 16.3. The van der Waals surface area contributed by atoms with Crippen LogP contribution in [-0.4, -0.2) is 0 Å². The van der Waals surface area contributed by atoms with E-state index in [1.807, 2.05) is 12.1 Å². The standard InChI is InChI=1S/C46H29NO2/c1-2-12-30(13-3-1)32-15-10-16-34(28-32)47(41-21-11-23-44-45(41)38-26-24-31-14-4-5-18-36(31)46(38)49-44)40-20-8-6-17-35(40)33-25-27-43-39(29-33)37-19-7-9-22-42(37)48-43/h1-29H. The van der Waals surface area contributed by atoms with E-state index in [1.54, 1.807) is 0 Å². The molecule has 0 saturated carbocycles. The third-order valence-electron chi connectivity index (χ3n) is 9.65. The zero-order chi connectivity index (χ0) is 32.3. The van der Waals surface area contributed by atoms with E-state index >= 15 is 0 Å². The fraction of sp³-hybridized carbons (Fsp3) is 0. The molecule has 10 aromatic rings. The van der Waals surface area contributed by atoms with E-state index in [9.17, 15) is 0 Å². The van der Waals surface area contributed by atoms with Crippen molar-refractivity contribution in [3.8, 4) is 22.3 Å². The van der Waals surface area contributed by atoms with Crippen molar-refractivity contribution in [2.45, 2.75) is 0 Å². The van der Waals surface area contributed by atoms with Crippen molar-refractivity contribution >= 4 is 71.7 Å². The number of benzene rings is 8. The molecule has 8 aromatic carbocycles. The Morgan fingerprint density at radius 1 is 0.367 bits per heavy atom. The summed E-state index contributed by atoms with van der Waals surface area (Å²) < 4.78 is 12.9. The van der Waals surface area contributed by atoms with Crippen LogP contribution in [0.2, 0.25) is 0 Å². The summed E-state index contributed by atoms with van der Waals surface area (Å²) in [6.07, 6.45) is 0. The van der Waals surface area contributed by atoms with Crippen LogP contribution < -0.4 is 4.90 Å². The van der Waals surface area contributed by atoms with E-state index in [0.29, 0.717) is 0 Å². The molecule has 2 heterocycles. The fourth-order valence-corrected chi connectivity index (χ4v) is 7.39. The van der Waals surface area contributed by atoms with Gasteiger partial charge in [-0.15, -0.1) is 0 Å². The minimum absolute atomic E-state index is 0.858. The van der Waals surface area contributed by atoms with E-state index in [1.165, 1.54) is 5.56 Å². The van der Waals surface area contributed by atoms with E-state index in [2.05, 4.69) is 169 Å². The number of furan rings is 2. The summed E-state index contributed by atoms with van der Waals surface area (Å²) in [6, 6.07) is 62.1. The first-order valence-corrected chi connectivity index (χ1v) is 16.6. The van der Waals surface area contributed by atoms with Gasteiger partial charge in [-0.25, -0.2) is 0 Å². The number of fused-ring (bicyclic) bond motifs is 8. The van der Waals surface area contributed by atoms with Crippen LogP contribution in [0.4, 0.5) is 17.1 Å². The maximum absolute atomic E-state index is 6.68. The smallest absolute Gasteiger partial charge is 0.143 e. The molecule has 0 amide bonds. The highest BCUT2D eigenvalue weighted by molar-refractivity contribution is 6.20. The predicted molar refractivity (Wildman–Crippen MR) is 204 cm³/mol. The van der Waals surface area contributed by atoms with Crippen molar-refractivity contribution in [1.82, 2.24) is 0 Å². The molecule has 10 rings (SSSR count). The molecule has 0 aliphatic carbocycles. The Balaban J connectivity index is 1.26. The molecule has 2 aromatic heterocycles. The van der Waals surface area contributed by atoms with Gasteiger partial charge in [0, 0.05) is 32.8 Å². The summed E-state index contributed by atoms with van der Waals surface area (Å²) in [7, 11) is 0. The Bertz CT molecular complexity index is 2840. The molecule has 3 heteroatoms. The van der Waals surface area contributed by atoms with Crippen LogP contribution >= 0.6 is 0 Å². The first-order chi connectivity index (χ1) is 24.3. The average molecular weight is 628 g/mol. The summed E-state index contributed by atoms with van der Waals surface area (Å²) >= 11 is 0. The van der Waals surface area contributed by atoms with Gasteiger partial charge in [0.25, 0.3) is 0 Å². The number of hydrogen-bond acceptors (Lipinski definition) is 3. The molecule has 0 aliphatic rings. The molecule has 0 radical (unpaired) electrons. The predicted octanol–water partition coefficient (Wildman–Crippen LogP) is 13.4. The number of nitrogens with zero attached hydrogens (tertiary/aromatic N) is 1. The zero-order valence-electron chi connectivity index (χ0n) is 26.5. The first-order valence-electron chi connectivity index (χ1n) is 16.6. The Morgan fingerprint density at radius 3 is 2.02 bits per heavy atom. The third-order valence-corrected chi connectivity index (χ3v) is 9.65. The molecule has 0 atom stereocenters. The maximum Gasteiger partial charge on any atom is 0.143 e. The van der Waals surface area contributed by atoms with Gasteiger partial charge in [0.15, 0.2) is 0 Å². The summed E-state index contributed by atoms with van der Waals surface area (Å²) in [5, 5.41) is 6.68. The molecule has 0 saturated heterocycles. The van der Waals surface area contributed by atoms with Crippen molar-refractivity contribution in [2.75, 3.05) is 4.90 Å². The Kier molecular flexibility index (Phi) is 6.18. The topological polar surface area (TPSA) is 29.5 Å². The molecule has 0 unspecified atom stereocenters. The molecule has 0 N–H and O–H groups in total. The van der Waals surface area contributed by atoms with Crippen LogP contribution in [0.15, 0.2) is 185 Å². The van der Waals surface area contributed by atoms with E-state index in [-0.39, 0.29) is 0 Å². The molecule has 0 aliphatic heterocycles. The first kappa shape index (κ1) is 27.5. The lowest BCUT2D eigenvalue weighted by Gasteiger charge is -2.29. The molecular formula is C46H29NO2. The molecule has 0 fully saturated rings. The van der Waals surface area contributed by atoms with E-state index < -0.39 is 0 Å². The zero-order valence-corrected chi connectivity index (χ0v) is 26.5. The van der Waals surface area contributed by atoms with Gasteiger partial charge in [-0.3, -0.25) is 0 Å². The van der Waals surface area contributed by atoms with Gasteiger partial charge in [0.05, 0.1) is 16.8 Å². The van der Waals surface area contributed by atoms with Crippen LogP contribution in [0, 0.1) is 0 Å². The lowest BCUT2D eigenvalue weighted by Crippen LogP contribution is -2.11. The lowest BCUT2D eigenvalue weighted by molar-refractivity contribution is 0.669. The molecule has 0 bridgehead atoms. The van der Waals surface area contributed by atoms with Gasteiger partial charge >= 0.3 is 0 Å². The van der Waals surface area contributed by atoms with Gasteiger partial charge in [-0.2, -0.15) is 0 Å². The number of anilines is 3. The van der Waals surface area contributed by atoms with Gasteiger partial charge in [0.2, 0.25) is 0 Å². The maximum atomic E-state index is 6.68. The van der Waals surface area contributed by atoms with Crippen molar-refractivity contribution < 1.29 is 8.83 Å². The van der Waals surface area contributed by atoms with Crippen LogP contribution in [0.25, 0.3) is 76.9 Å². The monoisotopic (exact) mass is 627 g/mol. The summed E-state index contributed by atoms with van der Waals surface area (Å²) in [6.45, 7) is 0. The second-order valence-corrected chi connectivity index (χ2v) is 12.5. The van der Waals surface area contributed by atoms with Gasteiger partial charge in [-0.05, 0) is 76.7 Å². The van der Waals surface area contributed by atoms with Gasteiger partial charge in [0.1, 0.15) is 22.3 Å². The van der Waals surface area contributed by atoms with Crippen molar-refractivity contribution in [3.05, 3.63) is 176 Å². The second-order valence-electron chi connectivity index (χ2n) is 12.5. The van der Waals surface area contributed by atoms with Crippen LogP contribution in [0.3, 0.4) is 0 Å². The number of rotatable bonds is 5. The van der Waals surface area contributed by atoms with Crippen molar-refractivity contribution in [1.29, 1.82) is 0 Å². The summed E-state index contributed by atoms with van der Waals surface area (Å²) in [5.74, 6) is 0. The SMILES string of the molecule is c1ccc(-c2cccc(N(c3ccccc3-c3ccc4oc5ccccc5c4c3)c3cccc4oc5c6ccccc6ccc5c34)c2)cc1. The van der Waals surface area contributed by atoms with Crippen molar-refractivity contribution in [3.63, 3.8) is 0 Å². The molecular weight excluding hydrogens is 599 g/mol. The quantitative estimate of drug-likeness (QED) is 0.190. The lowest BCUT2D eigenvalue weighted by atomic mass is 9.98. The normalized spacial score (nSPS) is 11.7. The fourth-order valence-electron chi connectivity index (χ4n) is 7.39. The second kappa shape index (κ2) is 11.0. The highest BCUT2D eigenvalue weighted by Gasteiger charge is 2.23. The Labute approximate surface area is 282 Å². The summed E-state index contributed by atoms with van der Waals surface area (Å²) in [5.41, 5.74) is 11.3. The van der Waals surface area contributed by atoms with Crippen LogP contribution in [0.1, 0.15) is 0 Å². The summed E-state index contributed by atoms with van der Waals surface area (Å²) in [4.78, 5) is 2.39. The largest absolute Gasteiger partial charge is 0.456 e. The Morgan fingerprint density at radius 2 is 1.08 bits per heavy atom. The van der Waals surface area contributed by atoms with Gasteiger partial charge < -0.3 is 13.7 Å². The van der Waals surface area contributed by atoms with Crippen molar-refractivity contribution in [2.24, 2.45) is 0 Å². The number of hydrogen-bond donors (Lipinski definition) is 0.